The van der Waals surface area contributed by atoms with Crippen LogP contribution in [0.3, 0.4) is 0 Å². The van der Waals surface area contributed by atoms with Crippen molar-refractivity contribution in [3.05, 3.63) is 29.8 Å². The number of carbonyl (C=O) groups excluding carboxylic acids is 2. The molecule has 23 heavy (non-hydrogen) atoms. The predicted octanol–water partition coefficient (Wildman–Crippen LogP) is 1.22. The quantitative estimate of drug-likeness (QED) is 0.815. The molecule has 8 heteroatoms. The van der Waals surface area contributed by atoms with E-state index in [9.17, 15) is 18.4 Å². The number of rotatable bonds is 5. The summed E-state index contributed by atoms with van der Waals surface area (Å²) in [4.78, 5) is 27.3. The third-order valence-corrected chi connectivity index (χ3v) is 3.49. The molecule has 2 rings (SSSR count). The van der Waals surface area contributed by atoms with Crippen molar-refractivity contribution >= 4 is 11.8 Å². The zero-order valence-corrected chi connectivity index (χ0v) is 12.7. The first-order chi connectivity index (χ1) is 11.0. The zero-order chi connectivity index (χ0) is 16.8. The Hall–Kier alpha value is -2.22. The Morgan fingerprint density at radius 2 is 1.83 bits per heavy atom. The lowest BCUT2D eigenvalue weighted by Crippen LogP contribution is -2.51. The first-order valence-electron chi connectivity index (χ1n) is 7.12. The van der Waals surface area contributed by atoms with Crippen molar-refractivity contribution in [2.75, 3.05) is 39.9 Å². The Bertz CT molecular complexity index is 560. The normalized spacial score (nSPS) is 15.0. The van der Waals surface area contributed by atoms with Crippen LogP contribution in [-0.2, 0) is 9.53 Å². The molecular weight excluding hydrogens is 310 g/mol. The first-order valence-corrected chi connectivity index (χ1v) is 7.12. The maximum absolute atomic E-state index is 12.4. The third-order valence-electron chi connectivity index (χ3n) is 3.49. The van der Waals surface area contributed by atoms with Crippen LogP contribution in [0.25, 0.3) is 0 Å². The minimum atomic E-state index is -2.93. The second-order valence-electron chi connectivity index (χ2n) is 5.01. The molecule has 0 atom stereocenters. The van der Waals surface area contributed by atoms with Crippen LogP contribution in [0.1, 0.15) is 10.4 Å². The minimum Gasteiger partial charge on any atom is -0.435 e. The number of benzene rings is 1. The lowest BCUT2D eigenvalue weighted by Gasteiger charge is -2.34. The van der Waals surface area contributed by atoms with E-state index in [0.717, 1.165) is 0 Å². The van der Waals surface area contributed by atoms with E-state index in [0.29, 0.717) is 26.2 Å². The van der Waals surface area contributed by atoms with Crippen LogP contribution >= 0.6 is 0 Å². The van der Waals surface area contributed by atoms with Gasteiger partial charge in [-0.05, 0) is 18.2 Å². The van der Waals surface area contributed by atoms with Crippen LogP contribution in [0.5, 0.6) is 5.75 Å². The number of piperazine rings is 1. The summed E-state index contributed by atoms with van der Waals surface area (Å²) in [5.41, 5.74) is 0.278. The molecule has 1 heterocycles. The molecule has 0 radical (unpaired) electrons. The fraction of sp³-hybridized carbons (Fsp3) is 0.467. The minimum absolute atomic E-state index is 0.0148. The molecule has 1 aliphatic heterocycles. The van der Waals surface area contributed by atoms with Crippen molar-refractivity contribution in [3.63, 3.8) is 0 Å². The molecule has 126 valence electrons. The standard InChI is InChI=1S/C15H18F2N2O4/c1-22-10-13(20)18-5-7-19(8-6-18)14(21)11-3-2-4-12(9-11)23-15(16)17/h2-4,9,15H,5-8,10H2,1H3. The van der Waals surface area contributed by atoms with E-state index in [2.05, 4.69) is 4.74 Å². The van der Waals surface area contributed by atoms with Gasteiger partial charge >= 0.3 is 6.61 Å². The van der Waals surface area contributed by atoms with Crippen LogP contribution in [0.15, 0.2) is 24.3 Å². The van der Waals surface area contributed by atoms with Crippen molar-refractivity contribution in [1.29, 1.82) is 0 Å². The van der Waals surface area contributed by atoms with Crippen LogP contribution in [0.2, 0.25) is 0 Å². The fourth-order valence-corrected chi connectivity index (χ4v) is 2.36. The highest BCUT2D eigenvalue weighted by molar-refractivity contribution is 5.94. The summed E-state index contributed by atoms with van der Waals surface area (Å²) in [6, 6.07) is 5.69. The van der Waals surface area contributed by atoms with E-state index >= 15 is 0 Å². The maximum Gasteiger partial charge on any atom is 0.387 e. The van der Waals surface area contributed by atoms with E-state index in [1.165, 1.54) is 25.3 Å². The molecule has 0 bridgehead atoms. The van der Waals surface area contributed by atoms with Crippen LogP contribution in [0.4, 0.5) is 8.78 Å². The van der Waals surface area contributed by atoms with Gasteiger partial charge in [0.2, 0.25) is 5.91 Å². The topological polar surface area (TPSA) is 59.1 Å². The molecule has 1 aliphatic rings. The summed E-state index contributed by atoms with van der Waals surface area (Å²) in [6.45, 7) is -1.32. The van der Waals surface area contributed by atoms with E-state index in [1.807, 2.05) is 0 Å². The van der Waals surface area contributed by atoms with E-state index in [-0.39, 0.29) is 29.7 Å². The number of hydrogen-bond acceptors (Lipinski definition) is 4. The Morgan fingerprint density at radius 3 is 2.43 bits per heavy atom. The Morgan fingerprint density at radius 1 is 1.17 bits per heavy atom. The second kappa shape index (κ2) is 7.87. The summed E-state index contributed by atoms with van der Waals surface area (Å²) in [6.07, 6.45) is 0. The van der Waals surface area contributed by atoms with Crippen LogP contribution in [0, 0.1) is 0 Å². The highest BCUT2D eigenvalue weighted by Gasteiger charge is 2.25. The summed E-state index contributed by atoms with van der Waals surface area (Å²) in [7, 11) is 1.45. The number of hydrogen-bond donors (Lipinski definition) is 0. The van der Waals surface area contributed by atoms with E-state index < -0.39 is 6.61 Å². The average molecular weight is 328 g/mol. The van der Waals surface area contributed by atoms with Gasteiger partial charge in [-0.15, -0.1) is 0 Å². The molecule has 0 aromatic heterocycles. The number of ether oxygens (including phenoxy) is 2. The third kappa shape index (κ3) is 4.62. The van der Waals surface area contributed by atoms with E-state index in [1.54, 1.807) is 15.9 Å². The zero-order valence-electron chi connectivity index (χ0n) is 12.7. The highest BCUT2D eigenvalue weighted by atomic mass is 19.3. The van der Waals surface area contributed by atoms with Gasteiger partial charge in [0.25, 0.3) is 5.91 Å². The Kier molecular flexibility index (Phi) is 5.86. The van der Waals surface area contributed by atoms with Gasteiger partial charge in [0.1, 0.15) is 12.4 Å². The van der Waals surface area contributed by atoms with Crippen molar-refractivity contribution in [3.8, 4) is 5.75 Å². The SMILES string of the molecule is COCC(=O)N1CCN(C(=O)c2cccc(OC(F)F)c2)CC1. The molecule has 0 spiro atoms. The molecule has 2 amide bonds. The first kappa shape index (κ1) is 17.1. The number of carbonyl (C=O) groups is 2. The maximum atomic E-state index is 12.4. The molecule has 6 nitrogen and oxygen atoms in total. The highest BCUT2D eigenvalue weighted by Crippen LogP contribution is 2.18. The molecule has 1 saturated heterocycles. The number of halogens is 2. The molecule has 0 saturated carbocycles. The smallest absolute Gasteiger partial charge is 0.387 e. The number of amides is 2. The lowest BCUT2D eigenvalue weighted by atomic mass is 10.1. The molecule has 1 aromatic carbocycles. The van der Waals surface area contributed by atoms with Gasteiger partial charge in [0, 0.05) is 38.9 Å². The fourth-order valence-electron chi connectivity index (χ4n) is 2.36. The lowest BCUT2D eigenvalue weighted by molar-refractivity contribution is -0.136. The summed E-state index contributed by atoms with van der Waals surface area (Å²) in [5.74, 6) is -0.449. The predicted molar refractivity (Wildman–Crippen MR) is 77.4 cm³/mol. The summed E-state index contributed by atoms with van der Waals surface area (Å²) in [5, 5.41) is 0. The molecular formula is C15H18F2N2O4. The van der Waals surface area contributed by atoms with Crippen LogP contribution < -0.4 is 4.74 Å². The molecule has 1 fully saturated rings. The Labute approximate surface area is 132 Å². The average Bonchev–Trinajstić information content (AvgIpc) is 2.54. The molecule has 0 aliphatic carbocycles. The monoisotopic (exact) mass is 328 g/mol. The van der Waals surface area contributed by atoms with Gasteiger partial charge in [0.15, 0.2) is 0 Å². The van der Waals surface area contributed by atoms with Crippen molar-refractivity contribution in [2.45, 2.75) is 6.61 Å². The van der Waals surface area contributed by atoms with Gasteiger partial charge in [0.05, 0.1) is 0 Å². The van der Waals surface area contributed by atoms with Gasteiger partial charge in [-0.3, -0.25) is 9.59 Å². The summed E-state index contributed by atoms with van der Waals surface area (Å²) >= 11 is 0. The van der Waals surface area contributed by atoms with Gasteiger partial charge in [-0.1, -0.05) is 6.07 Å². The van der Waals surface area contributed by atoms with Crippen molar-refractivity contribution < 1.29 is 27.8 Å². The number of nitrogens with zero attached hydrogens (tertiary/aromatic N) is 2. The van der Waals surface area contributed by atoms with Crippen molar-refractivity contribution in [2.24, 2.45) is 0 Å². The largest absolute Gasteiger partial charge is 0.435 e. The molecule has 1 aromatic rings. The van der Waals surface area contributed by atoms with Gasteiger partial charge < -0.3 is 19.3 Å². The van der Waals surface area contributed by atoms with Crippen LogP contribution in [-0.4, -0.2) is 68.1 Å². The van der Waals surface area contributed by atoms with Gasteiger partial charge in [-0.2, -0.15) is 8.78 Å². The Balaban J connectivity index is 1.96. The number of alkyl halides is 2. The molecule has 0 unspecified atom stereocenters. The number of methoxy groups -OCH3 is 1. The molecule has 0 N–H and O–H groups in total. The van der Waals surface area contributed by atoms with Gasteiger partial charge in [-0.25, -0.2) is 0 Å². The second-order valence-corrected chi connectivity index (χ2v) is 5.01. The van der Waals surface area contributed by atoms with E-state index in [4.69, 9.17) is 4.74 Å². The summed E-state index contributed by atoms with van der Waals surface area (Å²) < 4.78 is 33.5. The van der Waals surface area contributed by atoms with Crippen molar-refractivity contribution in [1.82, 2.24) is 9.80 Å².